The Hall–Kier alpha value is -7.20. The molecule has 2 heterocycles. The Morgan fingerprint density at radius 1 is 0.333 bits per heavy atom. The third kappa shape index (κ3) is 5.80. The number of rotatable bonds is 7. The fraction of sp³-hybridized carbons (Fsp3) is 0. The van der Waals surface area contributed by atoms with Gasteiger partial charge in [0.2, 0.25) is 0 Å². The number of anilines is 3. The number of hydrogen-bond donors (Lipinski definition) is 0. The first kappa shape index (κ1) is 33.2. The molecule has 268 valence electrons. The first-order chi connectivity index (χ1) is 28.3. The highest BCUT2D eigenvalue weighted by Crippen LogP contribution is 2.43. The standard InChI is InChI=1S/C54H36N2S/c1-2-12-37(13-3-1)38-24-30-42(31-25-38)55(45-15-10-14-41(36-45)46-19-11-23-53-54(46)49-18-6-9-22-52(49)57-53)43-32-26-39(27-33-43)40-28-34-44(35-29-40)56-50-20-7-4-16-47(50)48-17-5-8-21-51(48)56/h1-36H. The second-order valence-electron chi connectivity index (χ2n) is 14.5. The Morgan fingerprint density at radius 3 is 1.47 bits per heavy atom. The van der Waals surface area contributed by atoms with Crippen molar-refractivity contribution in [3.05, 3.63) is 218 Å². The third-order valence-electron chi connectivity index (χ3n) is 11.2. The number of benzene rings is 9. The van der Waals surface area contributed by atoms with Gasteiger partial charge in [0.1, 0.15) is 0 Å². The van der Waals surface area contributed by atoms with Crippen molar-refractivity contribution in [1.82, 2.24) is 4.57 Å². The molecule has 0 unspecified atom stereocenters. The molecule has 0 amide bonds. The zero-order chi connectivity index (χ0) is 37.7. The van der Waals surface area contributed by atoms with Crippen LogP contribution in [-0.2, 0) is 0 Å². The van der Waals surface area contributed by atoms with E-state index in [1.807, 2.05) is 11.3 Å². The Labute approximate surface area is 335 Å². The van der Waals surface area contributed by atoms with E-state index in [2.05, 4.69) is 228 Å². The van der Waals surface area contributed by atoms with Crippen LogP contribution in [0.3, 0.4) is 0 Å². The molecule has 11 rings (SSSR count). The van der Waals surface area contributed by atoms with Crippen LogP contribution in [0.4, 0.5) is 17.1 Å². The van der Waals surface area contributed by atoms with Crippen molar-refractivity contribution in [3.63, 3.8) is 0 Å². The average molecular weight is 745 g/mol. The van der Waals surface area contributed by atoms with Gasteiger partial charge in [-0.25, -0.2) is 0 Å². The summed E-state index contributed by atoms with van der Waals surface area (Å²) in [5.74, 6) is 0. The summed E-state index contributed by atoms with van der Waals surface area (Å²) in [5.41, 5.74) is 14.1. The van der Waals surface area contributed by atoms with E-state index in [9.17, 15) is 0 Å². The maximum absolute atomic E-state index is 2.37. The lowest BCUT2D eigenvalue weighted by Gasteiger charge is -2.26. The summed E-state index contributed by atoms with van der Waals surface area (Å²) in [6.45, 7) is 0. The van der Waals surface area contributed by atoms with E-state index in [0.29, 0.717) is 0 Å². The molecule has 0 N–H and O–H groups in total. The summed E-state index contributed by atoms with van der Waals surface area (Å²) < 4.78 is 5.00. The minimum atomic E-state index is 1.10. The minimum absolute atomic E-state index is 1.10. The predicted molar refractivity (Wildman–Crippen MR) is 245 cm³/mol. The second-order valence-corrected chi connectivity index (χ2v) is 15.6. The fourth-order valence-corrected chi connectivity index (χ4v) is 9.65. The lowest BCUT2D eigenvalue weighted by Crippen LogP contribution is -2.10. The smallest absolute Gasteiger partial charge is 0.0541 e. The van der Waals surface area contributed by atoms with Gasteiger partial charge in [-0.3, -0.25) is 0 Å². The van der Waals surface area contributed by atoms with Gasteiger partial charge in [-0.05, 0) is 106 Å². The van der Waals surface area contributed by atoms with Gasteiger partial charge in [-0.2, -0.15) is 0 Å². The van der Waals surface area contributed by atoms with Crippen LogP contribution >= 0.6 is 11.3 Å². The molecule has 0 saturated carbocycles. The predicted octanol–water partition coefficient (Wildman–Crippen LogP) is 15.6. The highest BCUT2D eigenvalue weighted by Gasteiger charge is 2.17. The van der Waals surface area contributed by atoms with Crippen molar-refractivity contribution in [3.8, 4) is 39.1 Å². The van der Waals surface area contributed by atoms with Crippen LogP contribution in [-0.4, -0.2) is 4.57 Å². The molecule has 0 radical (unpaired) electrons. The summed E-state index contributed by atoms with van der Waals surface area (Å²) in [6, 6.07) is 79.3. The normalized spacial score (nSPS) is 11.5. The van der Waals surface area contributed by atoms with Crippen LogP contribution in [0.2, 0.25) is 0 Å². The van der Waals surface area contributed by atoms with E-state index >= 15 is 0 Å². The topological polar surface area (TPSA) is 8.17 Å². The lowest BCUT2D eigenvalue weighted by molar-refractivity contribution is 1.18. The van der Waals surface area contributed by atoms with Crippen molar-refractivity contribution in [2.24, 2.45) is 0 Å². The number of para-hydroxylation sites is 2. The van der Waals surface area contributed by atoms with Crippen molar-refractivity contribution in [2.75, 3.05) is 4.90 Å². The Morgan fingerprint density at radius 2 is 0.825 bits per heavy atom. The van der Waals surface area contributed by atoms with Crippen LogP contribution < -0.4 is 4.90 Å². The van der Waals surface area contributed by atoms with Gasteiger partial charge in [-0.1, -0.05) is 146 Å². The molecule has 9 aromatic carbocycles. The van der Waals surface area contributed by atoms with E-state index in [1.165, 1.54) is 75.4 Å². The number of aromatic nitrogens is 1. The summed E-state index contributed by atoms with van der Waals surface area (Å²) in [6.07, 6.45) is 0. The second kappa shape index (κ2) is 13.8. The summed E-state index contributed by atoms with van der Waals surface area (Å²) in [7, 11) is 0. The molecule has 0 bridgehead atoms. The number of fused-ring (bicyclic) bond motifs is 6. The van der Waals surface area contributed by atoms with Gasteiger partial charge >= 0.3 is 0 Å². The van der Waals surface area contributed by atoms with E-state index < -0.39 is 0 Å². The van der Waals surface area contributed by atoms with Crippen LogP contribution in [0, 0.1) is 0 Å². The van der Waals surface area contributed by atoms with E-state index in [1.54, 1.807) is 0 Å². The summed E-state index contributed by atoms with van der Waals surface area (Å²) in [5, 5.41) is 5.18. The molecule has 0 aliphatic heterocycles. The monoisotopic (exact) mass is 744 g/mol. The van der Waals surface area contributed by atoms with Crippen LogP contribution in [0.1, 0.15) is 0 Å². The van der Waals surface area contributed by atoms with Crippen LogP contribution in [0.25, 0.3) is 81.0 Å². The Balaban J connectivity index is 0.980. The first-order valence-corrected chi connectivity index (χ1v) is 20.2. The molecule has 3 heteroatoms. The lowest BCUT2D eigenvalue weighted by atomic mass is 9.98. The van der Waals surface area contributed by atoms with Gasteiger partial charge in [0, 0.05) is 53.7 Å². The molecule has 0 spiro atoms. The average Bonchev–Trinajstić information content (AvgIpc) is 3.84. The SMILES string of the molecule is c1ccc(-c2ccc(N(c3ccc(-c4ccc(-n5c6ccccc6c6ccccc65)cc4)cc3)c3cccc(-c4cccc5sc6ccccc6c45)c3)cc2)cc1. The third-order valence-corrected chi connectivity index (χ3v) is 12.4. The quantitative estimate of drug-likeness (QED) is 0.158. The number of thiophene rings is 1. The molecular weight excluding hydrogens is 709 g/mol. The molecule has 0 saturated heterocycles. The van der Waals surface area contributed by atoms with E-state index in [-0.39, 0.29) is 0 Å². The van der Waals surface area contributed by atoms with Crippen molar-refractivity contribution in [2.45, 2.75) is 0 Å². The molecule has 11 aromatic rings. The molecule has 0 atom stereocenters. The van der Waals surface area contributed by atoms with Crippen LogP contribution in [0.15, 0.2) is 218 Å². The fourth-order valence-electron chi connectivity index (χ4n) is 8.52. The molecule has 0 fully saturated rings. The van der Waals surface area contributed by atoms with Gasteiger partial charge in [0.05, 0.1) is 11.0 Å². The van der Waals surface area contributed by atoms with Gasteiger partial charge < -0.3 is 9.47 Å². The highest BCUT2D eigenvalue weighted by atomic mass is 32.1. The Bertz CT molecular complexity index is 3160. The summed E-state index contributed by atoms with van der Waals surface area (Å²) in [4.78, 5) is 2.37. The molecule has 2 aromatic heterocycles. The zero-order valence-corrected chi connectivity index (χ0v) is 31.9. The number of hydrogen-bond acceptors (Lipinski definition) is 2. The molecule has 0 aliphatic carbocycles. The van der Waals surface area contributed by atoms with Crippen LogP contribution in [0.5, 0.6) is 0 Å². The maximum atomic E-state index is 2.37. The maximum Gasteiger partial charge on any atom is 0.0541 e. The first-order valence-electron chi connectivity index (χ1n) is 19.4. The molecule has 57 heavy (non-hydrogen) atoms. The van der Waals surface area contributed by atoms with Crippen molar-refractivity contribution in [1.29, 1.82) is 0 Å². The van der Waals surface area contributed by atoms with Crippen molar-refractivity contribution >= 4 is 70.4 Å². The molecule has 0 aliphatic rings. The van der Waals surface area contributed by atoms with Crippen molar-refractivity contribution < 1.29 is 0 Å². The minimum Gasteiger partial charge on any atom is -0.310 e. The zero-order valence-electron chi connectivity index (χ0n) is 31.1. The van der Waals surface area contributed by atoms with E-state index in [0.717, 1.165) is 22.7 Å². The molecule has 2 nitrogen and oxygen atoms in total. The Kier molecular flexibility index (Phi) is 8.04. The highest BCUT2D eigenvalue weighted by molar-refractivity contribution is 7.25. The van der Waals surface area contributed by atoms with E-state index in [4.69, 9.17) is 0 Å². The van der Waals surface area contributed by atoms with Gasteiger partial charge in [0.15, 0.2) is 0 Å². The summed E-state index contributed by atoms with van der Waals surface area (Å²) >= 11 is 1.86. The number of nitrogens with zero attached hydrogens (tertiary/aromatic N) is 2. The van der Waals surface area contributed by atoms with Gasteiger partial charge in [0.25, 0.3) is 0 Å². The largest absolute Gasteiger partial charge is 0.310 e. The van der Waals surface area contributed by atoms with Gasteiger partial charge in [-0.15, -0.1) is 11.3 Å². The molecular formula is C54H36N2S.